The zero-order valence-corrected chi connectivity index (χ0v) is 20.9. The molecule has 5 aromatic rings. The van der Waals surface area contributed by atoms with Crippen molar-refractivity contribution in [1.82, 2.24) is 15.3 Å². The molecule has 0 fully saturated rings. The second-order valence-corrected chi connectivity index (χ2v) is 9.32. The molecule has 0 unspecified atom stereocenters. The van der Waals surface area contributed by atoms with Crippen molar-refractivity contribution < 1.29 is 27.9 Å². The molecule has 0 radical (unpaired) electrons. The molecular formula is C30H23F3N4O3. The molecular weight excluding hydrogens is 521 g/mol. The van der Waals surface area contributed by atoms with Crippen molar-refractivity contribution in [3.63, 3.8) is 0 Å². The minimum Gasteiger partial charge on any atom is -0.508 e. The molecule has 7 nitrogen and oxygen atoms in total. The maximum absolute atomic E-state index is 14.2. The zero-order chi connectivity index (χ0) is 28.4. The van der Waals surface area contributed by atoms with E-state index in [9.17, 15) is 27.9 Å². The summed E-state index contributed by atoms with van der Waals surface area (Å²) in [4.78, 5) is 32.6. The number of fused-ring (bicyclic) bond motifs is 1. The lowest BCUT2D eigenvalue weighted by atomic mass is 9.94. The summed E-state index contributed by atoms with van der Waals surface area (Å²) in [6, 6.07) is 14.1. The Bertz CT molecular complexity index is 1730. The number of carbonyl (C=O) groups excluding carboxylic acids is 2. The average molecular weight is 545 g/mol. The van der Waals surface area contributed by atoms with Crippen molar-refractivity contribution in [2.45, 2.75) is 18.9 Å². The molecule has 0 aliphatic rings. The lowest BCUT2D eigenvalue weighted by Crippen LogP contribution is -2.32. The number of nitrogens with two attached hydrogens (primary N) is 1. The summed E-state index contributed by atoms with van der Waals surface area (Å²) >= 11 is 0. The highest BCUT2D eigenvalue weighted by Crippen LogP contribution is 2.31. The van der Waals surface area contributed by atoms with Crippen LogP contribution in [0.1, 0.15) is 33.2 Å². The molecule has 0 saturated carbocycles. The first-order chi connectivity index (χ1) is 19.2. The summed E-state index contributed by atoms with van der Waals surface area (Å²) in [6.45, 7) is 0. The molecule has 2 amide bonds. The Morgan fingerprint density at radius 2 is 1.77 bits per heavy atom. The molecule has 0 spiro atoms. The summed E-state index contributed by atoms with van der Waals surface area (Å²) in [5.74, 6) is -3.65. The van der Waals surface area contributed by atoms with Gasteiger partial charge in [-0.2, -0.15) is 0 Å². The maximum atomic E-state index is 14.2. The SMILES string of the molecule is NC(=O)c1cc(-c2cccnc2[C@H](Cc2cc(F)cc(F)c2)NC(=O)Cc2c[nH]c3ccc(O)cc23)ccc1F. The molecule has 10 heteroatoms. The van der Waals surface area contributed by atoms with Crippen LogP contribution in [0.25, 0.3) is 22.0 Å². The molecule has 0 saturated heterocycles. The van der Waals surface area contributed by atoms with Crippen LogP contribution in [-0.2, 0) is 17.6 Å². The summed E-state index contributed by atoms with van der Waals surface area (Å²) in [6.07, 6.45) is 3.06. The van der Waals surface area contributed by atoms with Gasteiger partial charge in [-0.1, -0.05) is 12.1 Å². The Kier molecular flexibility index (Phi) is 7.24. The molecule has 5 rings (SSSR count). The number of aromatic nitrogens is 2. The average Bonchev–Trinajstić information content (AvgIpc) is 3.29. The van der Waals surface area contributed by atoms with Crippen LogP contribution in [-0.4, -0.2) is 26.9 Å². The van der Waals surface area contributed by atoms with Gasteiger partial charge in [-0.3, -0.25) is 14.6 Å². The third kappa shape index (κ3) is 5.65. The number of amides is 2. The molecule has 0 bridgehead atoms. The number of aromatic hydroxyl groups is 1. The van der Waals surface area contributed by atoms with Crippen LogP contribution in [0.15, 0.2) is 79.1 Å². The first-order valence-corrected chi connectivity index (χ1v) is 12.3. The van der Waals surface area contributed by atoms with Crippen molar-refractivity contribution in [2.24, 2.45) is 5.73 Å². The number of rotatable bonds is 8. The number of phenols is 1. The van der Waals surface area contributed by atoms with Gasteiger partial charge < -0.3 is 21.1 Å². The third-order valence-corrected chi connectivity index (χ3v) is 6.51. The highest BCUT2D eigenvalue weighted by atomic mass is 19.1. The molecule has 2 heterocycles. The van der Waals surface area contributed by atoms with Crippen LogP contribution in [0, 0.1) is 17.5 Å². The fourth-order valence-corrected chi connectivity index (χ4v) is 4.73. The van der Waals surface area contributed by atoms with Gasteiger partial charge in [-0.05, 0) is 71.6 Å². The Morgan fingerprint density at radius 1 is 1.00 bits per heavy atom. The van der Waals surface area contributed by atoms with E-state index in [0.717, 1.165) is 29.8 Å². The number of nitrogens with zero attached hydrogens (tertiary/aromatic N) is 1. The van der Waals surface area contributed by atoms with Crippen molar-refractivity contribution >= 4 is 22.7 Å². The summed E-state index contributed by atoms with van der Waals surface area (Å²) in [5.41, 5.74) is 7.86. The number of carbonyl (C=O) groups is 2. The van der Waals surface area contributed by atoms with E-state index in [1.807, 2.05) is 0 Å². The van der Waals surface area contributed by atoms with Crippen LogP contribution in [0.2, 0.25) is 0 Å². The molecule has 202 valence electrons. The van der Waals surface area contributed by atoms with E-state index in [-0.39, 0.29) is 29.7 Å². The van der Waals surface area contributed by atoms with E-state index in [1.54, 1.807) is 30.5 Å². The number of H-pyrrole nitrogens is 1. The summed E-state index contributed by atoms with van der Waals surface area (Å²) in [5, 5.41) is 13.5. The minimum atomic E-state index is -0.949. The second kappa shape index (κ2) is 10.9. The van der Waals surface area contributed by atoms with E-state index < -0.39 is 35.3 Å². The predicted molar refractivity (Wildman–Crippen MR) is 143 cm³/mol. The van der Waals surface area contributed by atoms with E-state index in [2.05, 4.69) is 15.3 Å². The fourth-order valence-electron chi connectivity index (χ4n) is 4.73. The van der Waals surface area contributed by atoms with Crippen LogP contribution < -0.4 is 11.1 Å². The van der Waals surface area contributed by atoms with Crippen LogP contribution in [0.4, 0.5) is 13.2 Å². The van der Waals surface area contributed by atoms with E-state index in [4.69, 9.17) is 5.73 Å². The molecule has 5 N–H and O–H groups in total. The number of nitrogens with one attached hydrogen (secondary N) is 2. The van der Waals surface area contributed by atoms with E-state index in [1.165, 1.54) is 24.4 Å². The standard InChI is InChI=1S/C30H23F3N4O3/c31-19-8-16(9-20(32)13-19)10-27(37-28(39)12-18-15-36-26-6-4-21(38)14-23(18)26)29-22(2-1-7-35-29)17-3-5-25(33)24(11-17)30(34)40/h1-9,11,13-15,27,36,38H,10,12H2,(H2,34,40)(H,37,39)/t27-/m0/s1. The van der Waals surface area contributed by atoms with Gasteiger partial charge in [0.2, 0.25) is 5.91 Å². The van der Waals surface area contributed by atoms with Gasteiger partial charge in [-0.25, -0.2) is 13.2 Å². The highest BCUT2D eigenvalue weighted by Gasteiger charge is 2.23. The van der Waals surface area contributed by atoms with Gasteiger partial charge in [0.05, 0.1) is 23.7 Å². The number of primary amides is 1. The number of pyridine rings is 1. The highest BCUT2D eigenvalue weighted by molar-refractivity contribution is 5.94. The van der Waals surface area contributed by atoms with Crippen LogP contribution >= 0.6 is 0 Å². The number of halogens is 3. The van der Waals surface area contributed by atoms with Gasteiger partial charge in [0.15, 0.2) is 0 Å². The molecule has 2 aromatic heterocycles. The lowest BCUT2D eigenvalue weighted by Gasteiger charge is -2.22. The predicted octanol–water partition coefficient (Wildman–Crippen LogP) is 5.09. The van der Waals surface area contributed by atoms with Gasteiger partial charge in [0.1, 0.15) is 23.2 Å². The molecule has 1 atom stereocenters. The quantitative estimate of drug-likeness (QED) is 0.217. The van der Waals surface area contributed by atoms with Gasteiger partial charge >= 0.3 is 0 Å². The number of benzene rings is 3. The molecule has 3 aromatic carbocycles. The monoisotopic (exact) mass is 544 g/mol. The fraction of sp³-hybridized carbons (Fsp3) is 0.100. The topological polar surface area (TPSA) is 121 Å². The maximum Gasteiger partial charge on any atom is 0.251 e. The van der Waals surface area contributed by atoms with Crippen LogP contribution in [0.3, 0.4) is 0 Å². The number of aromatic amines is 1. The van der Waals surface area contributed by atoms with E-state index >= 15 is 0 Å². The van der Waals surface area contributed by atoms with Crippen molar-refractivity contribution in [1.29, 1.82) is 0 Å². The number of hydrogen-bond donors (Lipinski definition) is 4. The van der Waals surface area contributed by atoms with Gasteiger partial charge in [0.25, 0.3) is 5.91 Å². The minimum absolute atomic E-state index is 0.0248. The third-order valence-electron chi connectivity index (χ3n) is 6.51. The smallest absolute Gasteiger partial charge is 0.251 e. The number of hydrogen-bond acceptors (Lipinski definition) is 4. The first-order valence-electron chi connectivity index (χ1n) is 12.3. The van der Waals surface area contributed by atoms with Gasteiger partial charge in [-0.15, -0.1) is 0 Å². The lowest BCUT2D eigenvalue weighted by molar-refractivity contribution is -0.121. The van der Waals surface area contributed by atoms with E-state index in [0.29, 0.717) is 27.8 Å². The van der Waals surface area contributed by atoms with Crippen LogP contribution in [0.5, 0.6) is 5.75 Å². The Morgan fingerprint density at radius 3 is 2.52 bits per heavy atom. The number of phenolic OH excluding ortho intramolecular Hbond substituents is 1. The second-order valence-electron chi connectivity index (χ2n) is 9.32. The molecule has 40 heavy (non-hydrogen) atoms. The first kappa shape index (κ1) is 26.5. The summed E-state index contributed by atoms with van der Waals surface area (Å²) < 4.78 is 42.2. The molecule has 0 aliphatic heterocycles. The van der Waals surface area contributed by atoms with Crippen molar-refractivity contribution in [3.8, 4) is 16.9 Å². The van der Waals surface area contributed by atoms with Crippen molar-refractivity contribution in [3.05, 3.63) is 119 Å². The Labute approximate surface area is 226 Å². The molecule has 0 aliphatic carbocycles. The largest absolute Gasteiger partial charge is 0.508 e. The Balaban J connectivity index is 1.53. The normalized spacial score (nSPS) is 11.9. The van der Waals surface area contributed by atoms with Gasteiger partial charge in [0, 0.05) is 34.9 Å². The Hall–Kier alpha value is -5.12. The zero-order valence-electron chi connectivity index (χ0n) is 20.9. The summed E-state index contributed by atoms with van der Waals surface area (Å²) in [7, 11) is 0. The van der Waals surface area contributed by atoms with Crippen molar-refractivity contribution in [2.75, 3.05) is 0 Å².